The zero-order chi connectivity index (χ0) is 14.5. The monoisotopic (exact) mass is 297 g/mol. The lowest BCUT2D eigenvalue weighted by Gasteiger charge is -2.26. The minimum Gasteiger partial charge on any atom is -0.389 e. The van der Waals surface area contributed by atoms with Gasteiger partial charge in [0.25, 0.3) is 0 Å². The van der Waals surface area contributed by atoms with E-state index >= 15 is 0 Å². The highest BCUT2D eigenvalue weighted by atomic mass is 32.2. The van der Waals surface area contributed by atoms with Crippen LogP contribution in [0.5, 0.6) is 0 Å². The molecule has 0 bridgehead atoms. The molecule has 0 radical (unpaired) electrons. The van der Waals surface area contributed by atoms with Gasteiger partial charge in [0.2, 0.25) is 10.0 Å². The minimum atomic E-state index is -3.39. The summed E-state index contributed by atoms with van der Waals surface area (Å²) in [5, 5.41) is 10.5. The van der Waals surface area contributed by atoms with Crippen molar-refractivity contribution < 1.29 is 13.5 Å². The Bertz CT molecular complexity index is 505. The van der Waals surface area contributed by atoms with Crippen LogP contribution in [0.1, 0.15) is 44.1 Å². The molecule has 1 saturated carbocycles. The van der Waals surface area contributed by atoms with Crippen LogP contribution in [-0.4, -0.2) is 25.7 Å². The van der Waals surface area contributed by atoms with E-state index in [4.69, 9.17) is 0 Å². The fourth-order valence-electron chi connectivity index (χ4n) is 2.65. The highest BCUT2D eigenvalue weighted by Crippen LogP contribution is 2.26. The largest absolute Gasteiger partial charge is 0.389 e. The van der Waals surface area contributed by atoms with Crippen LogP contribution in [0, 0.1) is 0 Å². The summed E-state index contributed by atoms with van der Waals surface area (Å²) < 4.78 is 26.7. The van der Waals surface area contributed by atoms with Crippen LogP contribution in [0.15, 0.2) is 30.3 Å². The quantitative estimate of drug-likeness (QED) is 0.819. The summed E-state index contributed by atoms with van der Waals surface area (Å²) in [6, 6.07) is 9.09. The summed E-state index contributed by atoms with van der Waals surface area (Å²) in [6.45, 7) is 0.127. The smallest absolute Gasteiger partial charge is 0.215 e. The fourth-order valence-corrected chi connectivity index (χ4v) is 3.87. The summed E-state index contributed by atoms with van der Waals surface area (Å²) in [5.74, 6) is -0.0378. The molecule has 20 heavy (non-hydrogen) atoms. The molecule has 0 heterocycles. The Labute approximate surface area is 121 Å². The predicted molar refractivity (Wildman–Crippen MR) is 79.7 cm³/mol. The van der Waals surface area contributed by atoms with E-state index in [2.05, 4.69) is 4.72 Å². The number of hydrogen-bond donors (Lipinski definition) is 2. The number of aliphatic hydroxyl groups is 1. The average Bonchev–Trinajstić information content (AvgIpc) is 2.63. The van der Waals surface area contributed by atoms with Crippen LogP contribution in [-0.2, 0) is 15.8 Å². The normalized spacial score (nSPS) is 19.4. The lowest BCUT2D eigenvalue weighted by Crippen LogP contribution is -2.42. The molecular weight excluding hydrogens is 274 g/mol. The molecule has 0 saturated heterocycles. The van der Waals surface area contributed by atoms with Gasteiger partial charge in [0.05, 0.1) is 11.4 Å². The lowest BCUT2D eigenvalue weighted by atomic mass is 9.95. The first-order valence-electron chi connectivity index (χ1n) is 7.23. The molecule has 0 unspecified atom stereocenters. The van der Waals surface area contributed by atoms with E-state index in [-0.39, 0.29) is 12.3 Å². The van der Waals surface area contributed by atoms with Gasteiger partial charge >= 0.3 is 0 Å². The fraction of sp³-hybridized carbons (Fsp3) is 0.600. The second-order valence-electron chi connectivity index (χ2n) is 5.70. The van der Waals surface area contributed by atoms with Gasteiger partial charge < -0.3 is 5.11 Å². The van der Waals surface area contributed by atoms with Gasteiger partial charge in [0, 0.05) is 6.54 Å². The first-order valence-corrected chi connectivity index (χ1v) is 8.88. The third-order valence-electron chi connectivity index (χ3n) is 3.85. The third-order valence-corrected chi connectivity index (χ3v) is 5.15. The topological polar surface area (TPSA) is 66.4 Å². The maximum absolute atomic E-state index is 12.0. The van der Waals surface area contributed by atoms with E-state index in [1.54, 1.807) is 12.1 Å². The predicted octanol–water partition coefficient (Wildman–Crippen LogP) is 2.19. The van der Waals surface area contributed by atoms with Crippen molar-refractivity contribution in [3.63, 3.8) is 0 Å². The third kappa shape index (κ3) is 4.89. The molecule has 1 fully saturated rings. The molecule has 2 N–H and O–H groups in total. The van der Waals surface area contributed by atoms with E-state index in [0.717, 1.165) is 31.2 Å². The first-order chi connectivity index (χ1) is 9.49. The van der Waals surface area contributed by atoms with Gasteiger partial charge in [-0.15, -0.1) is 0 Å². The van der Waals surface area contributed by atoms with E-state index < -0.39 is 15.6 Å². The molecule has 0 aromatic heterocycles. The van der Waals surface area contributed by atoms with Gasteiger partial charge in [0.1, 0.15) is 0 Å². The molecule has 1 aliphatic rings. The zero-order valence-electron chi connectivity index (χ0n) is 11.7. The Kier molecular flexibility index (Phi) is 5.18. The molecule has 0 atom stereocenters. The zero-order valence-corrected chi connectivity index (χ0v) is 12.5. The standard InChI is InChI=1S/C15H23NO3S/c17-15(10-6-1-2-7-11-15)13-16-20(18,19)12-14-8-4-3-5-9-14/h3-5,8-9,16-17H,1-2,6-7,10-13H2. The highest BCUT2D eigenvalue weighted by Gasteiger charge is 2.29. The minimum absolute atomic E-state index is 0.0378. The highest BCUT2D eigenvalue weighted by molar-refractivity contribution is 7.88. The van der Waals surface area contributed by atoms with Crippen LogP contribution < -0.4 is 4.72 Å². The maximum Gasteiger partial charge on any atom is 0.215 e. The molecule has 5 heteroatoms. The summed E-state index contributed by atoms with van der Waals surface area (Å²) in [6.07, 6.45) is 5.55. The Hall–Kier alpha value is -0.910. The van der Waals surface area contributed by atoms with Crippen molar-refractivity contribution in [3.8, 4) is 0 Å². The van der Waals surface area contributed by atoms with Crippen LogP contribution in [0.25, 0.3) is 0 Å². The van der Waals surface area contributed by atoms with Gasteiger partial charge in [-0.25, -0.2) is 13.1 Å². The molecule has 2 rings (SSSR count). The summed E-state index contributed by atoms with van der Waals surface area (Å²) in [4.78, 5) is 0. The summed E-state index contributed by atoms with van der Waals surface area (Å²) in [5.41, 5.74) is -0.117. The Balaban J connectivity index is 1.91. The molecule has 0 spiro atoms. The van der Waals surface area contributed by atoms with E-state index in [1.807, 2.05) is 18.2 Å². The van der Waals surface area contributed by atoms with Crippen molar-refractivity contribution in [2.75, 3.05) is 6.54 Å². The van der Waals surface area contributed by atoms with Crippen molar-refractivity contribution in [2.45, 2.75) is 49.9 Å². The summed E-state index contributed by atoms with van der Waals surface area (Å²) >= 11 is 0. The molecule has 0 aliphatic heterocycles. The second kappa shape index (κ2) is 6.70. The second-order valence-corrected chi connectivity index (χ2v) is 7.51. The Morgan fingerprint density at radius 1 is 1.05 bits per heavy atom. The lowest BCUT2D eigenvalue weighted by molar-refractivity contribution is 0.0303. The van der Waals surface area contributed by atoms with Gasteiger partial charge in [-0.05, 0) is 18.4 Å². The van der Waals surface area contributed by atoms with Gasteiger partial charge in [0.15, 0.2) is 0 Å². The van der Waals surface area contributed by atoms with Gasteiger partial charge in [-0.3, -0.25) is 0 Å². The molecular formula is C15H23NO3S. The van der Waals surface area contributed by atoms with Crippen LogP contribution in [0.4, 0.5) is 0 Å². The van der Waals surface area contributed by atoms with E-state index in [1.165, 1.54) is 0 Å². The van der Waals surface area contributed by atoms with Gasteiger partial charge in [-0.1, -0.05) is 56.0 Å². The number of nitrogens with one attached hydrogen (secondary N) is 1. The summed E-state index contributed by atoms with van der Waals surface area (Å²) in [7, 11) is -3.39. The van der Waals surface area contributed by atoms with Crippen LogP contribution >= 0.6 is 0 Å². The van der Waals surface area contributed by atoms with Crippen molar-refractivity contribution in [3.05, 3.63) is 35.9 Å². The van der Waals surface area contributed by atoms with E-state index in [9.17, 15) is 13.5 Å². The SMILES string of the molecule is O=S(=O)(Cc1ccccc1)NCC1(O)CCCCCC1. The number of sulfonamides is 1. The van der Waals surface area contributed by atoms with Crippen LogP contribution in [0.2, 0.25) is 0 Å². The molecule has 1 aliphatic carbocycles. The van der Waals surface area contributed by atoms with Crippen LogP contribution in [0.3, 0.4) is 0 Å². The van der Waals surface area contributed by atoms with Crippen molar-refractivity contribution in [2.24, 2.45) is 0 Å². The van der Waals surface area contributed by atoms with E-state index in [0.29, 0.717) is 12.8 Å². The number of benzene rings is 1. The van der Waals surface area contributed by atoms with Crippen molar-refractivity contribution in [1.29, 1.82) is 0 Å². The first kappa shape index (κ1) is 15.5. The molecule has 4 nitrogen and oxygen atoms in total. The maximum atomic E-state index is 12.0. The molecule has 1 aromatic carbocycles. The Morgan fingerprint density at radius 3 is 2.25 bits per heavy atom. The Morgan fingerprint density at radius 2 is 1.65 bits per heavy atom. The molecule has 0 amide bonds. The van der Waals surface area contributed by atoms with Crippen molar-refractivity contribution >= 4 is 10.0 Å². The number of rotatable bonds is 5. The molecule has 112 valence electrons. The van der Waals surface area contributed by atoms with Crippen molar-refractivity contribution in [1.82, 2.24) is 4.72 Å². The van der Waals surface area contributed by atoms with Gasteiger partial charge in [-0.2, -0.15) is 0 Å². The molecule has 1 aromatic rings. The average molecular weight is 297 g/mol. The number of hydrogen-bond acceptors (Lipinski definition) is 3.